The molecule has 1 aliphatic heterocycles. The molecule has 0 spiro atoms. The maximum atomic E-state index is 6.38. The van der Waals surface area contributed by atoms with Crippen molar-refractivity contribution in [2.24, 2.45) is 5.41 Å². The lowest BCUT2D eigenvalue weighted by Gasteiger charge is -2.52. The Labute approximate surface area is 112 Å². The van der Waals surface area contributed by atoms with Gasteiger partial charge in [0.25, 0.3) is 0 Å². The highest BCUT2D eigenvalue weighted by molar-refractivity contribution is 6.83. The minimum absolute atomic E-state index is 0.362. The maximum absolute atomic E-state index is 6.38. The molecule has 0 unspecified atom stereocenters. The van der Waals surface area contributed by atoms with Crippen LogP contribution in [-0.2, 0) is 4.43 Å². The second-order valence-electron chi connectivity index (χ2n) is 4.62. The molecule has 2 heteroatoms. The summed E-state index contributed by atoms with van der Waals surface area (Å²) in [4.78, 5) is 0. The van der Waals surface area contributed by atoms with Crippen LogP contribution >= 0.6 is 0 Å². The molecular formula is C16H22OSi. The highest BCUT2D eigenvalue weighted by Gasteiger charge is 2.53. The molecule has 1 heterocycles. The molecule has 18 heavy (non-hydrogen) atoms. The van der Waals surface area contributed by atoms with Crippen molar-refractivity contribution in [1.82, 2.24) is 0 Å². The number of hydrogen-bond acceptors (Lipinski definition) is 1. The molecule has 0 aliphatic carbocycles. The van der Waals surface area contributed by atoms with E-state index in [1.54, 1.807) is 12.2 Å². The van der Waals surface area contributed by atoms with Crippen molar-refractivity contribution in [2.45, 2.75) is 18.1 Å². The Bertz CT molecular complexity index is 381. The van der Waals surface area contributed by atoms with E-state index in [4.69, 9.17) is 4.43 Å². The molecule has 1 rings (SSSR count). The average molecular weight is 258 g/mol. The van der Waals surface area contributed by atoms with Crippen LogP contribution in [-0.4, -0.2) is 13.9 Å². The molecule has 1 nitrogen and oxygen atoms in total. The van der Waals surface area contributed by atoms with Crippen LogP contribution in [0.4, 0.5) is 0 Å². The molecule has 0 aromatic carbocycles. The van der Waals surface area contributed by atoms with Gasteiger partial charge in [-0.15, -0.1) is 26.3 Å². The van der Waals surface area contributed by atoms with E-state index in [0.29, 0.717) is 0 Å². The minimum atomic E-state index is -2.14. The topological polar surface area (TPSA) is 9.23 Å². The number of hydrogen-bond donors (Lipinski definition) is 0. The lowest BCUT2D eigenvalue weighted by atomic mass is 9.69. The van der Waals surface area contributed by atoms with Crippen LogP contribution in [0.3, 0.4) is 0 Å². The van der Waals surface area contributed by atoms with Crippen molar-refractivity contribution in [1.29, 1.82) is 0 Å². The van der Waals surface area contributed by atoms with Crippen molar-refractivity contribution < 1.29 is 4.43 Å². The SMILES string of the molecule is C=CC1(C=C)CC[Si](C=C)(C=C)OC1(C=C)C=C. The summed E-state index contributed by atoms with van der Waals surface area (Å²) < 4.78 is 6.38. The monoisotopic (exact) mass is 258 g/mol. The van der Waals surface area contributed by atoms with Crippen molar-refractivity contribution in [2.75, 3.05) is 0 Å². The molecule has 96 valence electrons. The summed E-state index contributed by atoms with van der Waals surface area (Å²) in [6.45, 7) is 23.5. The highest BCUT2D eigenvalue weighted by Crippen LogP contribution is 2.50. The Kier molecular flexibility index (Phi) is 4.15. The predicted octanol–water partition coefficient (Wildman–Crippen LogP) is 4.27. The van der Waals surface area contributed by atoms with Gasteiger partial charge >= 0.3 is 0 Å². The van der Waals surface area contributed by atoms with E-state index in [9.17, 15) is 0 Å². The molecule has 1 saturated heterocycles. The Morgan fingerprint density at radius 2 is 1.33 bits per heavy atom. The zero-order chi connectivity index (χ0) is 13.9. The third-order valence-corrected chi connectivity index (χ3v) is 7.17. The molecule has 0 N–H and O–H groups in total. The minimum Gasteiger partial charge on any atom is -0.396 e. The maximum Gasteiger partial charge on any atom is 0.242 e. The summed E-state index contributed by atoms with van der Waals surface area (Å²) in [5.41, 5.74) is 2.79. The number of rotatable bonds is 6. The van der Waals surface area contributed by atoms with Crippen molar-refractivity contribution in [3.63, 3.8) is 0 Å². The molecule has 1 aliphatic rings. The zero-order valence-electron chi connectivity index (χ0n) is 11.0. The lowest BCUT2D eigenvalue weighted by Crippen LogP contribution is -2.57. The van der Waals surface area contributed by atoms with E-state index in [0.717, 1.165) is 12.5 Å². The fraction of sp³-hybridized carbons (Fsp3) is 0.250. The Hall–Kier alpha value is -1.38. The molecule has 0 bridgehead atoms. The lowest BCUT2D eigenvalue weighted by molar-refractivity contribution is 0.0532. The van der Waals surface area contributed by atoms with Gasteiger partial charge in [-0.1, -0.05) is 48.9 Å². The third kappa shape index (κ3) is 1.82. The fourth-order valence-corrected chi connectivity index (χ4v) is 5.22. The highest BCUT2D eigenvalue weighted by atomic mass is 28.4. The van der Waals surface area contributed by atoms with E-state index in [1.807, 2.05) is 23.6 Å². The summed E-state index contributed by atoms with van der Waals surface area (Å²) in [5, 5.41) is 0. The van der Waals surface area contributed by atoms with E-state index in [1.165, 1.54) is 0 Å². The molecule has 0 aromatic rings. The standard InChI is InChI=1S/C16H22OSi/c1-7-15(8-2)13-14-18(11-5,12-6)17-16(15,9-3)10-4/h7-12H,1-6,13-14H2. The van der Waals surface area contributed by atoms with Crippen LogP contribution in [0.5, 0.6) is 0 Å². The van der Waals surface area contributed by atoms with Gasteiger partial charge in [0, 0.05) is 5.41 Å². The zero-order valence-corrected chi connectivity index (χ0v) is 12.0. The predicted molar refractivity (Wildman–Crippen MR) is 82.6 cm³/mol. The molecule has 0 saturated carbocycles. The fourth-order valence-electron chi connectivity index (χ4n) is 2.58. The quantitative estimate of drug-likeness (QED) is 0.510. The normalized spacial score (nSPS) is 23.3. The van der Waals surface area contributed by atoms with Crippen molar-refractivity contribution in [3.05, 3.63) is 75.2 Å². The van der Waals surface area contributed by atoms with E-state index in [2.05, 4.69) is 39.5 Å². The molecule has 1 fully saturated rings. The Balaban J connectivity index is 3.40. The van der Waals surface area contributed by atoms with Gasteiger partial charge in [0.05, 0.1) is 0 Å². The van der Waals surface area contributed by atoms with E-state index < -0.39 is 13.9 Å². The van der Waals surface area contributed by atoms with Crippen LogP contribution < -0.4 is 0 Å². The van der Waals surface area contributed by atoms with Crippen LogP contribution in [0.15, 0.2) is 75.2 Å². The first kappa shape index (κ1) is 14.7. The first-order valence-electron chi connectivity index (χ1n) is 6.05. The van der Waals surface area contributed by atoms with Gasteiger partial charge in [-0.3, -0.25) is 0 Å². The van der Waals surface area contributed by atoms with Crippen LogP contribution in [0.2, 0.25) is 6.04 Å². The first-order chi connectivity index (χ1) is 8.53. The summed E-state index contributed by atoms with van der Waals surface area (Å²) in [6, 6.07) is 0.918. The largest absolute Gasteiger partial charge is 0.396 e. The van der Waals surface area contributed by atoms with Crippen LogP contribution in [0.25, 0.3) is 0 Å². The van der Waals surface area contributed by atoms with Gasteiger partial charge in [0.1, 0.15) is 5.60 Å². The first-order valence-corrected chi connectivity index (χ1v) is 8.32. The molecule has 0 aromatic heterocycles. The van der Waals surface area contributed by atoms with Crippen molar-refractivity contribution >= 4 is 8.32 Å². The molecule has 0 atom stereocenters. The second kappa shape index (κ2) is 5.08. The third-order valence-electron chi connectivity index (χ3n) is 4.04. The van der Waals surface area contributed by atoms with Gasteiger partial charge in [-0.25, -0.2) is 0 Å². The smallest absolute Gasteiger partial charge is 0.242 e. The molecular weight excluding hydrogens is 236 g/mol. The van der Waals surface area contributed by atoms with E-state index in [-0.39, 0.29) is 5.41 Å². The Morgan fingerprint density at radius 3 is 1.67 bits per heavy atom. The van der Waals surface area contributed by atoms with Gasteiger partial charge in [0.2, 0.25) is 8.32 Å². The van der Waals surface area contributed by atoms with Crippen LogP contribution in [0.1, 0.15) is 6.42 Å². The van der Waals surface area contributed by atoms with E-state index >= 15 is 0 Å². The molecule has 0 radical (unpaired) electrons. The summed E-state index contributed by atoms with van der Waals surface area (Å²) in [6.07, 6.45) is 8.23. The Morgan fingerprint density at radius 1 is 0.833 bits per heavy atom. The van der Waals surface area contributed by atoms with Gasteiger partial charge in [-0.05, 0) is 12.5 Å². The van der Waals surface area contributed by atoms with Gasteiger partial charge < -0.3 is 4.43 Å². The second-order valence-corrected chi connectivity index (χ2v) is 8.05. The van der Waals surface area contributed by atoms with Crippen molar-refractivity contribution in [3.8, 4) is 0 Å². The van der Waals surface area contributed by atoms with Crippen LogP contribution in [0, 0.1) is 5.41 Å². The van der Waals surface area contributed by atoms with Gasteiger partial charge in [0.15, 0.2) is 0 Å². The summed E-state index contributed by atoms with van der Waals surface area (Å²) in [7, 11) is -2.14. The van der Waals surface area contributed by atoms with Gasteiger partial charge in [-0.2, -0.15) is 0 Å². The summed E-state index contributed by atoms with van der Waals surface area (Å²) in [5.74, 6) is 0. The molecule has 0 amide bonds. The average Bonchev–Trinajstić information content (AvgIpc) is 2.46. The summed E-state index contributed by atoms with van der Waals surface area (Å²) >= 11 is 0.